The van der Waals surface area contributed by atoms with Crippen LogP contribution in [-0.2, 0) is 4.79 Å². The van der Waals surface area contributed by atoms with Crippen LogP contribution in [-0.4, -0.2) is 24.8 Å². The first kappa shape index (κ1) is 15.5. The maximum absolute atomic E-state index is 13.6. The average Bonchev–Trinajstić information content (AvgIpc) is 2.56. The van der Waals surface area contributed by atoms with Crippen molar-refractivity contribution in [1.29, 1.82) is 0 Å². The summed E-state index contributed by atoms with van der Waals surface area (Å²) in [6, 6.07) is 11.6. The van der Waals surface area contributed by atoms with Crippen LogP contribution in [0.2, 0.25) is 0 Å². The molecule has 0 spiro atoms. The fraction of sp³-hybridized carbons (Fsp3) is 0.125. The number of fused-ring (bicyclic) bond motifs is 1. The Hall–Kier alpha value is -2.41. The molecule has 1 atom stereocenters. The average molecular weight is 379 g/mol. The first-order valence-corrected chi connectivity index (χ1v) is 7.59. The number of nitrogens with zero attached hydrogens (tertiary/aromatic N) is 1. The highest BCUT2D eigenvalue weighted by Gasteiger charge is 2.26. The number of carbonyl (C=O) groups excluding carboxylic acids is 1. The zero-order valence-electron chi connectivity index (χ0n) is 11.8. The minimum absolute atomic E-state index is 0.0883. The van der Waals surface area contributed by atoms with Crippen molar-refractivity contribution in [3.8, 4) is 11.5 Å². The molecule has 23 heavy (non-hydrogen) atoms. The summed E-state index contributed by atoms with van der Waals surface area (Å²) >= 11 is 3.17. The molecule has 0 radical (unpaired) electrons. The van der Waals surface area contributed by atoms with Crippen molar-refractivity contribution in [3.05, 3.63) is 58.3 Å². The monoisotopic (exact) mass is 378 g/mol. The fourth-order valence-corrected chi connectivity index (χ4v) is 2.33. The molecule has 118 valence electrons. The van der Waals surface area contributed by atoms with Crippen LogP contribution in [0, 0.1) is 5.82 Å². The highest BCUT2D eigenvalue weighted by Crippen LogP contribution is 2.30. The van der Waals surface area contributed by atoms with Gasteiger partial charge in [-0.1, -0.05) is 28.1 Å². The molecule has 5 nitrogen and oxygen atoms in total. The van der Waals surface area contributed by atoms with Gasteiger partial charge in [0.1, 0.15) is 12.4 Å². The van der Waals surface area contributed by atoms with E-state index in [0.717, 1.165) is 0 Å². The molecule has 0 aliphatic carbocycles. The van der Waals surface area contributed by atoms with Gasteiger partial charge in [0.25, 0.3) is 5.91 Å². The second-order valence-electron chi connectivity index (χ2n) is 4.76. The number of para-hydroxylation sites is 2. The van der Waals surface area contributed by atoms with Gasteiger partial charge in [-0.25, -0.2) is 9.82 Å². The first-order chi connectivity index (χ1) is 11.1. The summed E-state index contributed by atoms with van der Waals surface area (Å²) in [4.78, 5) is 12.0. The van der Waals surface area contributed by atoms with Gasteiger partial charge in [-0.2, -0.15) is 5.10 Å². The van der Waals surface area contributed by atoms with E-state index in [-0.39, 0.29) is 12.2 Å². The predicted octanol–water partition coefficient (Wildman–Crippen LogP) is 2.88. The second-order valence-corrected chi connectivity index (χ2v) is 5.68. The van der Waals surface area contributed by atoms with Crippen molar-refractivity contribution in [2.45, 2.75) is 6.10 Å². The summed E-state index contributed by atoms with van der Waals surface area (Å²) < 4.78 is 25.2. The molecule has 3 rings (SSSR count). The Morgan fingerprint density at radius 1 is 1.30 bits per heavy atom. The molecule has 1 amide bonds. The van der Waals surface area contributed by atoms with Crippen LogP contribution >= 0.6 is 15.9 Å². The third-order valence-electron chi connectivity index (χ3n) is 3.14. The van der Waals surface area contributed by atoms with Crippen molar-refractivity contribution in [3.63, 3.8) is 0 Å². The number of nitrogens with one attached hydrogen (secondary N) is 1. The summed E-state index contributed by atoms with van der Waals surface area (Å²) in [7, 11) is 0. The Labute approximate surface area is 140 Å². The molecule has 2 aromatic rings. The quantitative estimate of drug-likeness (QED) is 0.659. The van der Waals surface area contributed by atoms with Crippen LogP contribution in [0.5, 0.6) is 11.5 Å². The highest BCUT2D eigenvalue weighted by molar-refractivity contribution is 9.10. The van der Waals surface area contributed by atoms with E-state index in [9.17, 15) is 9.18 Å². The van der Waals surface area contributed by atoms with Crippen LogP contribution < -0.4 is 14.9 Å². The zero-order valence-corrected chi connectivity index (χ0v) is 13.4. The van der Waals surface area contributed by atoms with Gasteiger partial charge < -0.3 is 9.47 Å². The summed E-state index contributed by atoms with van der Waals surface area (Å²) in [5, 5.41) is 3.75. The molecule has 1 aliphatic rings. The van der Waals surface area contributed by atoms with Gasteiger partial charge in [0.15, 0.2) is 11.5 Å². The van der Waals surface area contributed by atoms with E-state index in [1.54, 1.807) is 30.3 Å². The number of hydrazone groups is 1. The molecule has 1 N–H and O–H groups in total. The van der Waals surface area contributed by atoms with E-state index in [0.29, 0.717) is 16.0 Å². The number of benzene rings is 2. The largest absolute Gasteiger partial charge is 0.485 e. The van der Waals surface area contributed by atoms with Gasteiger partial charge in [-0.05, 0) is 30.3 Å². The third kappa shape index (κ3) is 3.68. The SMILES string of the molecule is O=C(N/N=C\c1ccc(Br)cc1F)[C@@H]1COc2ccccc2O1. The summed E-state index contributed by atoms with van der Waals surface area (Å²) in [6.07, 6.45) is 0.425. The van der Waals surface area contributed by atoms with E-state index >= 15 is 0 Å². The second kappa shape index (κ2) is 6.78. The number of carbonyl (C=O) groups is 1. The van der Waals surface area contributed by atoms with Gasteiger partial charge in [-0.15, -0.1) is 0 Å². The minimum atomic E-state index is -0.809. The Morgan fingerprint density at radius 2 is 2.09 bits per heavy atom. The topological polar surface area (TPSA) is 59.9 Å². The Morgan fingerprint density at radius 3 is 2.87 bits per heavy atom. The number of hydrogen-bond acceptors (Lipinski definition) is 4. The molecule has 1 aliphatic heterocycles. The summed E-state index contributed by atoms with van der Waals surface area (Å²) in [6.45, 7) is 0.0883. The third-order valence-corrected chi connectivity index (χ3v) is 3.64. The molecular weight excluding hydrogens is 367 g/mol. The molecule has 7 heteroatoms. The van der Waals surface area contributed by atoms with Crippen LogP contribution in [0.1, 0.15) is 5.56 Å². The number of halogens is 2. The molecule has 1 heterocycles. The Kier molecular flexibility index (Phi) is 4.57. The number of rotatable bonds is 3. The lowest BCUT2D eigenvalue weighted by Gasteiger charge is -2.24. The van der Waals surface area contributed by atoms with Crippen LogP contribution in [0.3, 0.4) is 0 Å². The maximum Gasteiger partial charge on any atom is 0.284 e. The molecule has 0 unspecified atom stereocenters. The molecule has 0 saturated heterocycles. The first-order valence-electron chi connectivity index (χ1n) is 6.80. The van der Waals surface area contributed by atoms with Gasteiger partial charge in [-0.3, -0.25) is 4.79 Å². The molecule has 0 bridgehead atoms. The van der Waals surface area contributed by atoms with Gasteiger partial charge >= 0.3 is 0 Å². The van der Waals surface area contributed by atoms with Crippen LogP contribution in [0.15, 0.2) is 52.0 Å². The van der Waals surface area contributed by atoms with E-state index in [2.05, 4.69) is 26.5 Å². The predicted molar refractivity (Wildman–Crippen MR) is 86.2 cm³/mol. The highest BCUT2D eigenvalue weighted by atomic mass is 79.9. The van der Waals surface area contributed by atoms with Gasteiger partial charge in [0, 0.05) is 10.0 Å². The molecule has 0 fully saturated rings. The molecule has 0 saturated carbocycles. The van der Waals surface area contributed by atoms with Gasteiger partial charge in [0.05, 0.1) is 6.21 Å². The number of ether oxygens (including phenoxy) is 2. The lowest BCUT2D eigenvalue weighted by Crippen LogP contribution is -2.42. The number of hydrogen-bond donors (Lipinski definition) is 1. The minimum Gasteiger partial charge on any atom is -0.485 e. The fourth-order valence-electron chi connectivity index (χ4n) is 1.99. The molecule has 2 aromatic carbocycles. The van der Waals surface area contributed by atoms with Crippen molar-refractivity contribution in [2.24, 2.45) is 5.10 Å². The lowest BCUT2D eigenvalue weighted by atomic mass is 10.2. The summed E-state index contributed by atoms with van der Waals surface area (Å²) in [5.74, 6) is 0.190. The maximum atomic E-state index is 13.6. The van der Waals surface area contributed by atoms with Crippen molar-refractivity contribution < 1.29 is 18.7 Å². The smallest absolute Gasteiger partial charge is 0.284 e. The van der Waals surface area contributed by atoms with Crippen LogP contribution in [0.4, 0.5) is 4.39 Å². The van der Waals surface area contributed by atoms with Gasteiger partial charge in [0.2, 0.25) is 6.10 Å². The normalized spacial score (nSPS) is 16.3. The van der Waals surface area contributed by atoms with E-state index in [4.69, 9.17) is 9.47 Å². The van der Waals surface area contributed by atoms with Crippen molar-refractivity contribution in [1.82, 2.24) is 5.43 Å². The number of amides is 1. The van der Waals surface area contributed by atoms with Crippen molar-refractivity contribution in [2.75, 3.05) is 6.61 Å². The van der Waals surface area contributed by atoms with E-state index in [1.807, 2.05) is 6.07 Å². The van der Waals surface area contributed by atoms with Crippen LogP contribution in [0.25, 0.3) is 0 Å². The molecule has 0 aromatic heterocycles. The Balaban J connectivity index is 1.61. The summed E-state index contributed by atoms with van der Waals surface area (Å²) in [5.41, 5.74) is 2.58. The van der Waals surface area contributed by atoms with E-state index in [1.165, 1.54) is 12.3 Å². The standard InChI is InChI=1S/C16H12BrFN2O3/c17-11-6-5-10(12(18)7-11)8-19-20-16(21)15-9-22-13-3-1-2-4-14(13)23-15/h1-8,15H,9H2,(H,20,21)/b19-8-/t15-/m0/s1. The lowest BCUT2D eigenvalue weighted by molar-refractivity contribution is -0.130. The van der Waals surface area contributed by atoms with E-state index < -0.39 is 17.8 Å². The Bertz CT molecular complexity index is 767. The van der Waals surface area contributed by atoms with Crippen molar-refractivity contribution >= 4 is 28.1 Å². The zero-order chi connectivity index (χ0) is 16.2. The molecular formula is C16H12BrFN2O3.